The van der Waals surface area contributed by atoms with Crippen LogP contribution in [-0.2, 0) is 26.4 Å². The van der Waals surface area contributed by atoms with E-state index in [1.807, 2.05) is 37.4 Å². The highest BCUT2D eigenvalue weighted by molar-refractivity contribution is 5.94. The number of aliphatic hydroxyl groups is 1. The first-order chi connectivity index (χ1) is 12.7. The molecule has 27 heavy (non-hydrogen) atoms. The fourth-order valence-corrected chi connectivity index (χ4v) is 3.50. The van der Waals surface area contributed by atoms with Gasteiger partial charge in [0.25, 0.3) is 11.8 Å². The molecule has 0 saturated heterocycles. The van der Waals surface area contributed by atoms with E-state index < -0.39 is 11.5 Å². The van der Waals surface area contributed by atoms with E-state index in [4.69, 9.17) is 5.73 Å². The normalized spacial score (nSPS) is 14.1. The average Bonchev–Trinajstić information content (AvgIpc) is 2.96. The van der Waals surface area contributed by atoms with Gasteiger partial charge in [-0.25, -0.2) is 0 Å². The molecule has 0 fully saturated rings. The van der Waals surface area contributed by atoms with Crippen molar-refractivity contribution in [3.63, 3.8) is 0 Å². The molecule has 2 heterocycles. The minimum atomic E-state index is -0.696. The van der Waals surface area contributed by atoms with Crippen LogP contribution >= 0.6 is 0 Å². The molecule has 0 spiro atoms. The van der Waals surface area contributed by atoms with Crippen LogP contribution in [0.3, 0.4) is 0 Å². The summed E-state index contributed by atoms with van der Waals surface area (Å²) < 4.78 is 1.79. The molecule has 1 aromatic heterocycles. The predicted octanol–water partition coefficient (Wildman–Crippen LogP) is 2.03. The summed E-state index contributed by atoms with van der Waals surface area (Å²) in [6.45, 7) is 4.68. The van der Waals surface area contributed by atoms with Crippen molar-refractivity contribution in [1.82, 2.24) is 9.47 Å². The Hall–Kier alpha value is -2.60. The number of aryl methyl sites for hydroxylation is 1. The summed E-state index contributed by atoms with van der Waals surface area (Å²) in [5.74, 6) is -0.470. The first kappa shape index (κ1) is 19.2. The van der Waals surface area contributed by atoms with E-state index in [1.165, 1.54) is 0 Å². The lowest BCUT2D eigenvalue weighted by Crippen LogP contribution is -2.36. The van der Waals surface area contributed by atoms with Crippen LogP contribution in [0.15, 0.2) is 30.3 Å². The highest BCUT2D eigenvalue weighted by atomic mass is 16.3. The molecule has 6 heteroatoms. The smallest absolute Gasteiger partial charge is 0.265 e. The van der Waals surface area contributed by atoms with Crippen LogP contribution in [0.1, 0.15) is 57.9 Å². The Morgan fingerprint density at radius 2 is 1.89 bits per heavy atom. The SMILES string of the molecule is Cn1c(C(N)=O)cc2c1CN(C(=O)c1ccc(CCC(C)(C)O)cc1)CC2. The number of benzene rings is 1. The number of carbonyl (C=O) groups is 2. The largest absolute Gasteiger partial charge is 0.390 e. The molecule has 1 aromatic carbocycles. The van der Waals surface area contributed by atoms with Gasteiger partial charge in [0.1, 0.15) is 5.69 Å². The molecule has 0 unspecified atom stereocenters. The van der Waals surface area contributed by atoms with Gasteiger partial charge in [0.05, 0.1) is 12.1 Å². The molecule has 0 atom stereocenters. The maximum Gasteiger partial charge on any atom is 0.265 e. The Morgan fingerprint density at radius 1 is 1.22 bits per heavy atom. The monoisotopic (exact) mass is 369 g/mol. The van der Waals surface area contributed by atoms with Crippen molar-refractivity contribution in [2.45, 2.75) is 45.3 Å². The molecule has 2 amide bonds. The number of carbonyl (C=O) groups excluding carboxylic acids is 2. The van der Waals surface area contributed by atoms with Gasteiger partial charge in [-0.3, -0.25) is 9.59 Å². The number of primary amides is 1. The lowest BCUT2D eigenvalue weighted by atomic mass is 9.98. The molecule has 0 radical (unpaired) electrons. The minimum Gasteiger partial charge on any atom is -0.390 e. The maximum absolute atomic E-state index is 12.9. The molecule has 0 saturated carbocycles. The Bertz CT molecular complexity index is 860. The van der Waals surface area contributed by atoms with Crippen LogP contribution in [0.5, 0.6) is 0 Å². The Labute approximate surface area is 159 Å². The third-order valence-corrected chi connectivity index (χ3v) is 5.21. The van der Waals surface area contributed by atoms with E-state index in [-0.39, 0.29) is 5.91 Å². The second-order valence-electron chi connectivity index (χ2n) is 7.91. The van der Waals surface area contributed by atoms with E-state index in [1.54, 1.807) is 23.3 Å². The summed E-state index contributed by atoms with van der Waals surface area (Å²) in [6, 6.07) is 9.41. The van der Waals surface area contributed by atoms with Gasteiger partial charge in [-0.2, -0.15) is 0 Å². The fraction of sp³-hybridized carbons (Fsp3) is 0.429. The van der Waals surface area contributed by atoms with Crippen LogP contribution in [0.25, 0.3) is 0 Å². The van der Waals surface area contributed by atoms with E-state index >= 15 is 0 Å². The molecule has 2 aromatic rings. The Balaban J connectivity index is 1.71. The number of amides is 2. The highest BCUT2D eigenvalue weighted by Gasteiger charge is 2.26. The fourth-order valence-electron chi connectivity index (χ4n) is 3.50. The summed E-state index contributed by atoms with van der Waals surface area (Å²) in [6.07, 6.45) is 2.15. The summed E-state index contributed by atoms with van der Waals surface area (Å²) in [4.78, 5) is 26.2. The topological polar surface area (TPSA) is 88.6 Å². The van der Waals surface area contributed by atoms with E-state index in [0.29, 0.717) is 37.2 Å². The molecular weight excluding hydrogens is 342 g/mol. The third kappa shape index (κ3) is 4.22. The van der Waals surface area contributed by atoms with Gasteiger partial charge in [0, 0.05) is 24.8 Å². The zero-order chi connectivity index (χ0) is 19.8. The zero-order valence-electron chi connectivity index (χ0n) is 16.2. The van der Waals surface area contributed by atoms with E-state index in [0.717, 1.165) is 23.2 Å². The Kier molecular flexibility index (Phi) is 5.11. The van der Waals surface area contributed by atoms with Gasteiger partial charge in [-0.1, -0.05) is 12.1 Å². The van der Waals surface area contributed by atoms with Crippen molar-refractivity contribution < 1.29 is 14.7 Å². The summed E-state index contributed by atoms with van der Waals surface area (Å²) >= 11 is 0. The standard InChI is InChI=1S/C21H27N3O3/c1-21(2,27)10-8-14-4-6-15(7-5-14)20(26)24-11-9-16-12-17(19(22)25)23(3)18(16)13-24/h4-7,12,27H,8-11,13H2,1-3H3,(H2,22,25). The van der Waals surface area contributed by atoms with E-state index in [2.05, 4.69) is 0 Å². The highest BCUT2D eigenvalue weighted by Crippen LogP contribution is 2.24. The number of rotatable bonds is 5. The van der Waals surface area contributed by atoms with Crippen molar-refractivity contribution in [3.8, 4) is 0 Å². The molecule has 1 aliphatic rings. The first-order valence-corrected chi connectivity index (χ1v) is 9.23. The molecule has 0 aliphatic carbocycles. The minimum absolute atomic E-state index is 0.0171. The maximum atomic E-state index is 12.9. The second-order valence-corrected chi connectivity index (χ2v) is 7.91. The number of aromatic nitrogens is 1. The van der Waals surface area contributed by atoms with Crippen LogP contribution in [0.4, 0.5) is 0 Å². The van der Waals surface area contributed by atoms with Crippen LogP contribution in [0, 0.1) is 0 Å². The molecule has 0 bridgehead atoms. The zero-order valence-corrected chi connectivity index (χ0v) is 16.2. The summed E-state index contributed by atoms with van der Waals surface area (Å²) in [7, 11) is 1.81. The van der Waals surface area contributed by atoms with Gasteiger partial charge < -0.3 is 20.3 Å². The Morgan fingerprint density at radius 3 is 2.48 bits per heavy atom. The van der Waals surface area contributed by atoms with Crippen molar-refractivity contribution in [1.29, 1.82) is 0 Å². The van der Waals surface area contributed by atoms with Gasteiger partial charge in [0.2, 0.25) is 0 Å². The average molecular weight is 369 g/mol. The van der Waals surface area contributed by atoms with Gasteiger partial charge in [-0.05, 0) is 62.4 Å². The van der Waals surface area contributed by atoms with Gasteiger partial charge in [-0.15, -0.1) is 0 Å². The third-order valence-electron chi connectivity index (χ3n) is 5.21. The summed E-state index contributed by atoms with van der Waals surface area (Å²) in [5, 5.41) is 9.84. The predicted molar refractivity (Wildman–Crippen MR) is 103 cm³/mol. The number of hydrogen-bond donors (Lipinski definition) is 2. The summed E-state index contributed by atoms with van der Waals surface area (Å²) in [5.41, 5.74) is 9.00. The van der Waals surface area contributed by atoms with Crippen molar-refractivity contribution in [2.24, 2.45) is 12.8 Å². The molecule has 3 N–H and O–H groups in total. The lowest BCUT2D eigenvalue weighted by Gasteiger charge is -2.28. The van der Waals surface area contributed by atoms with Crippen molar-refractivity contribution >= 4 is 11.8 Å². The molecule has 6 nitrogen and oxygen atoms in total. The molecule has 1 aliphatic heterocycles. The van der Waals surface area contributed by atoms with Crippen LogP contribution < -0.4 is 5.73 Å². The quantitative estimate of drug-likeness (QED) is 0.845. The van der Waals surface area contributed by atoms with E-state index in [9.17, 15) is 14.7 Å². The number of nitrogens with zero attached hydrogens (tertiary/aromatic N) is 2. The second kappa shape index (κ2) is 7.19. The van der Waals surface area contributed by atoms with Crippen LogP contribution in [0.2, 0.25) is 0 Å². The molecular formula is C21H27N3O3. The molecule has 3 rings (SSSR count). The van der Waals surface area contributed by atoms with Crippen molar-refractivity contribution in [2.75, 3.05) is 6.54 Å². The van der Waals surface area contributed by atoms with Crippen LogP contribution in [-0.4, -0.2) is 38.5 Å². The number of nitrogens with two attached hydrogens (primary N) is 1. The van der Waals surface area contributed by atoms with Crippen molar-refractivity contribution in [3.05, 3.63) is 58.4 Å². The molecule has 144 valence electrons. The van der Waals surface area contributed by atoms with Gasteiger partial charge in [0.15, 0.2) is 0 Å². The lowest BCUT2D eigenvalue weighted by molar-refractivity contribution is 0.0709. The first-order valence-electron chi connectivity index (χ1n) is 9.23. The number of hydrogen-bond acceptors (Lipinski definition) is 3. The van der Waals surface area contributed by atoms with Gasteiger partial charge >= 0.3 is 0 Å². The number of fused-ring (bicyclic) bond motifs is 1.